The number of anilines is 1. The summed E-state index contributed by atoms with van der Waals surface area (Å²) in [6, 6.07) is 12.6. The summed E-state index contributed by atoms with van der Waals surface area (Å²) in [6.45, 7) is 1.80. The first-order valence-corrected chi connectivity index (χ1v) is 9.23. The second kappa shape index (κ2) is 7.32. The number of nitrogens with zero attached hydrogens (tertiary/aromatic N) is 3. The monoisotopic (exact) mass is 396 g/mol. The van der Waals surface area contributed by atoms with Gasteiger partial charge in [0, 0.05) is 10.9 Å². The summed E-state index contributed by atoms with van der Waals surface area (Å²) in [6.07, 6.45) is 1.48. The maximum Gasteiger partial charge on any atom is 0.260 e. The maximum atomic E-state index is 13.9. The lowest BCUT2D eigenvalue weighted by atomic mass is 10.1. The maximum absolute atomic E-state index is 13.9. The zero-order chi connectivity index (χ0) is 19.7. The van der Waals surface area contributed by atoms with Crippen LogP contribution in [0.2, 0.25) is 0 Å². The van der Waals surface area contributed by atoms with Crippen LogP contribution >= 0.6 is 11.3 Å². The standard InChI is InChI=1S/C20H14F2N4OS/c1-12-16(10-23-26(12)14-5-3-2-4-6-14)19(27)25-20-24-18(11-28-20)15-9-13(21)7-8-17(15)22/h2-11H,1H3,(H,24,25,27). The molecule has 1 amide bonds. The average molecular weight is 396 g/mol. The van der Waals surface area contributed by atoms with Gasteiger partial charge in [-0.3, -0.25) is 10.1 Å². The molecule has 0 bridgehead atoms. The molecule has 4 rings (SSSR count). The molecule has 0 atom stereocenters. The molecule has 0 aliphatic rings. The van der Waals surface area contributed by atoms with Crippen molar-refractivity contribution in [2.75, 3.05) is 5.32 Å². The second-order valence-electron chi connectivity index (χ2n) is 6.01. The third-order valence-electron chi connectivity index (χ3n) is 4.18. The van der Waals surface area contributed by atoms with Crippen LogP contribution in [-0.2, 0) is 0 Å². The molecular weight excluding hydrogens is 382 g/mol. The van der Waals surface area contributed by atoms with Crippen molar-refractivity contribution in [3.05, 3.63) is 83.0 Å². The first kappa shape index (κ1) is 18.0. The van der Waals surface area contributed by atoms with Gasteiger partial charge in [0.15, 0.2) is 5.13 Å². The van der Waals surface area contributed by atoms with Crippen LogP contribution in [0.15, 0.2) is 60.1 Å². The summed E-state index contributed by atoms with van der Waals surface area (Å²) < 4.78 is 29.0. The van der Waals surface area contributed by atoms with Crippen molar-refractivity contribution in [2.45, 2.75) is 6.92 Å². The van der Waals surface area contributed by atoms with Gasteiger partial charge >= 0.3 is 0 Å². The molecule has 0 unspecified atom stereocenters. The van der Waals surface area contributed by atoms with Gasteiger partial charge in [-0.25, -0.2) is 18.4 Å². The molecule has 0 saturated heterocycles. The Balaban J connectivity index is 1.56. The number of aromatic nitrogens is 3. The van der Waals surface area contributed by atoms with Gasteiger partial charge in [0.25, 0.3) is 5.91 Å². The van der Waals surface area contributed by atoms with E-state index in [9.17, 15) is 13.6 Å². The molecule has 0 aliphatic heterocycles. The van der Waals surface area contributed by atoms with Gasteiger partial charge in [-0.05, 0) is 37.3 Å². The number of thiazole rings is 1. The Labute approximate surface area is 163 Å². The second-order valence-corrected chi connectivity index (χ2v) is 6.87. The summed E-state index contributed by atoms with van der Waals surface area (Å²) in [4.78, 5) is 16.8. The quantitative estimate of drug-likeness (QED) is 0.537. The Kier molecular flexibility index (Phi) is 4.70. The van der Waals surface area contributed by atoms with Crippen LogP contribution in [0.3, 0.4) is 0 Å². The molecule has 2 heterocycles. The minimum absolute atomic E-state index is 0.0461. The van der Waals surface area contributed by atoms with Gasteiger partial charge in [-0.15, -0.1) is 11.3 Å². The normalized spacial score (nSPS) is 10.8. The molecule has 5 nitrogen and oxygen atoms in total. The lowest BCUT2D eigenvalue weighted by molar-refractivity contribution is 0.102. The van der Waals surface area contributed by atoms with E-state index in [1.54, 1.807) is 17.0 Å². The molecule has 140 valence electrons. The Bertz CT molecular complexity index is 1150. The molecule has 28 heavy (non-hydrogen) atoms. The van der Waals surface area contributed by atoms with Gasteiger partial charge in [-0.1, -0.05) is 18.2 Å². The Morgan fingerprint density at radius 1 is 1.14 bits per heavy atom. The van der Waals surface area contributed by atoms with E-state index in [1.165, 1.54) is 6.20 Å². The van der Waals surface area contributed by atoms with Crippen molar-refractivity contribution in [3.8, 4) is 16.9 Å². The summed E-state index contributed by atoms with van der Waals surface area (Å²) in [5.41, 5.74) is 2.23. The fraction of sp³-hybridized carbons (Fsp3) is 0.0500. The fourth-order valence-electron chi connectivity index (χ4n) is 2.78. The molecule has 4 aromatic rings. The smallest absolute Gasteiger partial charge is 0.260 e. The van der Waals surface area contributed by atoms with Crippen LogP contribution in [0, 0.1) is 18.6 Å². The average Bonchev–Trinajstić information content (AvgIpc) is 3.31. The van der Waals surface area contributed by atoms with E-state index in [1.807, 2.05) is 30.3 Å². The predicted octanol–water partition coefficient (Wildman–Crippen LogP) is 4.83. The molecule has 2 aromatic heterocycles. The van der Waals surface area contributed by atoms with E-state index in [2.05, 4.69) is 15.4 Å². The number of nitrogens with one attached hydrogen (secondary N) is 1. The molecule has 0 saturated carbocycles. The minimum Gasteiger partial charge on any atom is -0.298 e. The van der Waals surface area contributed by atoms with Crippen LogP contribution in [0.5, 0.6) is 0 Å². The van der Waals surface area contributed by atoms with Crippen LogP contribution in [0.1, 0.15) is 16.1 Å². The van der Waals surface area contributed by atoms with E-state index < -0.39 is 11.6 Å². The van der Waals surface area contributed by atoms with E-state index in [0.29, 0.717) is 11.3 Å². The Hall–Kier alpha value is -3.39. The van der Waals surface area contributed by atoms with E-state index in [-0.39, 0.29) is 22.3 Å². The highest BCUT2D eigenvalue weighted by atomic mass is 32.1. The number of carbonyl (C=O) groups is 1. The molecule has 0 spiro atoms. The SMILES string of the molecule is Cc1c(C(=O)Nc2nc(-c3cc(F)ccc3F)cs2)cnn1-c1ccccc1. The highest BCUT2D eigenvalue weighted by Crippen LogP contribution is 2.28. The zero-order valence-electron chi connectivity index (χ0n) is 14.7. The van der Waals surface area contributed by atoms with Crippen LogP contribution in [0.4, 0.5) is 13.9 Å². The van der Waals surface area contributed by atoms with Crippen molar-refractivity contribution in [1.82, 2.24) is 14.8 Å². The van der Waals surface area contributed by atoms with Crippen LogP contribution in [0.25, 0.3) is 16.9 Å². The molecule has 8 heteroatoms. The fourth-order valence-corrected chi connectivity index (χ4v) is 3.48. The number of carbonyl (C=O) groups excluding carboxylic acids is 1. The number of hydrogen-bond acceptors (Lipinski definition) is 4. The molecule has 0 fully saturated rings. The van der Waals surface area contributed by atoms with Crippen molar-refractivity contribution in [1.29, 1.82) is 0 Å². The van der Waals surface area contributed by atoms with Crippen molar-refractivity contribution < 1.29 is 13.6 Å². The first-order valence-electron chi connectivity index (χ1n) is 8.35. The van der Waals surface area contributed by atoms with E-state index >= 15 is 0 Å². The molecule has 1 N–H and O–H groups in total. The molecule has 0 radical (unpaired) electrons. The Morgan fingerprint density at radius 2 is 1.93 bits per heavy atom. The van der Waals surface area contributed by atoms with Crippen molar-refractivity contribution in [3.63, 3.8) is 0 Å². The molecule has 0 aliphatic carbocycles. The number of rotatable bonds is 4. The summed E-state index contributed by atoms with van der Waals surface area (Å²) >= 11 is 1.13. The van der Waals surface area contributed by atoms with E-state index in [0.717, 1.165) is 35.2 Å². The highest BCUT2D eigenvalue weighted by Gasteiger charge is 2.17. The summed E-state index contributed by atoms with van der Waals surface area (Å²) in [7, 11) is 0. The number of amides is 1. The third-order valence-corrected chi connectivity index (χ3v) is 4.94. The summed E-state index contributed by atoms with van der Waals surface area (Å²) in [5, 5.41) is 8.81. The van der Waals surface area contributed by atoms with Crippen molar-refractivity contribution >= 4 is 22.4 Å². The molecule has 2 aromatic carbocycles. The Morgan fingerprint density at radius 3 is 2.71 bits per heavy atom. The number of benzene rings is 2. The lowest BCUT2D eigenvalue weighted by Crippen LogP contribution is -2.13. The summed E-state index contributed by atoms with van der Waals surface area (Å²) in [5.74, 6) is -1.51. The third kappa shape index (κ3) is 3.41. The minimum atomic E-state index is -0.579. The lowest BCUT2D eigenvalue weighted by Gasteiger charge is -2.05. The van der Waals surface area contributed by atoms with E-state index in [4.69, 9.17) is 0 Å². The topological polar surface area (TPSA) is 59.8 Å². The highest BCUT2D eigenvalue weighted by molar-refractivity contribution is 7.14. The van der Waals surface area contributed by atoms with Crippen LogP contribution in [-0.4, -0.2) is 20.7 Å². The van der Waals surface area contributed by atoms with Gasteiger partial charge < -0.3 is 0 Å². The van der Waals surface area contributed by atoms with Gasteiger partial charge in [0.1, 0.15) is 11.6 Å². The number of halogens is 2. The zero-order valence-corrected chi connectivity index (χ0v) is 15.5. The van der Waals surface area contributed by atoms with Crippen molar-refractivity contribution in [2.24, 2.45) is 0 Å². The van der Waals surface area contributed by atoms with Crippen LogP contribution < -0.4 is 5.32 Å². The van der Waals surface area contributed by atoms with Gasteiger partial charge in [-0.2, -0.15) is 5.10 Å². The predicted molar refractivity (Wildman–Crippen MR) is 104 cm³/mol. The largest absolute Gasteiger partial charge is 0.298 e. The van der Waals surface area contributed by atoms with Gasteiger partial charge in [0.05, 0.1) is 28.8 Å². The van der Waals surface area contributed by atoms with Gasteiger partial charge in [0.2, 0.25) is 0 Å². The first-order chi connectivity index (χ1) is 13.5. The molecular formula is C20H14F2N4OS. The number of hydrogen-bond donors (Lipinski definition) is 1. The number of para-hydroxylation sites is 1.